The highest BCUT2D eigenvalue weighted by molar-refractivity contribution is 7.92. The van der Waals surface area contributed by atoms with Crippen molar-refractivity contribution < 1.29 is 18.0 Å². The van der Waals surface area contributed by atoms with Crippen molar-refractivity contribution in [3.8, 4) is 0 Å². The highest BCUT2D eigenvalue weighted by Gasteiger charge is 2.35. The summed E-state index contributed by atoms with van der Waals surface area (Å²) in [6.07, 6.45) is 5.30. The number of nitrogens with one attached hydrogen (secondary N) is 1. The molecule has 0 aliphatic heterocycles. The van der Waals surface area contributed by atoms with Crippen LogP contribution >= 0.6 is 34.8 Å². The van der Waals surface area contributed by atoms with Crippen LogP contribution < -0.4 is 9.62 Å². The summed E-state index contributed by atoms with van der Waals surface area (Å²) in [5.74, 6) is -0.862. The predicted molar refractivity (Wildman–Crippen MR) is 169 cm³/mol. The molecule has 7 nitrogen and oxygen atoms in total. The first-order valence-corrected chi connectivity index (χ1v) is 16.6. The number of hydrogen-bond acceptors (Lipinski definition) is 4. The van der Waals surface area contributed by atoms with Gasteiger partial charge in [0.15, 0.2) is 0 Å². The minimum atomic E-state index is -4.26. The van der Waals surface area contributed by atoms with E-state index in [1.54, 1.807) is 48.5 Å². The third-order valence-corrected chi connectivity index (χ3v) is 10.4. The van der Waals surface area contributed by atoms with Gasteiger partial charge in [-0.05, 0) is 55.2 Å². The molecule has 1 aliphatic carbocycles. The Balaban J connectivity index is 1.74. The molecule has 1 aliphatic rings. The van der Waals surface area contributed by atoms with E-state index in [9.17, 15) is 18.0 Å². The maximum absolute atomic E-state index is 14.2. The second-order valence-corrected chi connectivity index (χ2v) is 13.3. The molecule has 42 heavy (non-hydrogen) atoms. The van der Waals surface area contributed by atoms with Gasteiger partial charge in [0.25, 0.3) is 10.0 Å². The summed E-state index contributed by atoms with van der Waals surface area (Å²) < 4.78 is 28.9. The summed E-state index contributed by atoms with van der Waals surface area (Å²) in [6, 6.07) is 18.6. The van der Waals surface area contributed by atoms with Crippen LogP contribution in [-0.4, -0.2) is 43.8 Å². The lowest BCUT2D eigenvalue weighted by Gasteiger charge is -2.34. The number of halogens is 3. The molecule has 0 heterocycles. The van der Waals surface area contributed by atoms with Gasteiger partial charge in [-0.15, -0.1) is 0 Å². The summed E-state index contributed by atoms with van der Waals surface area (Å²) in [5.41, 5.74) is 0.688. The van der Waals surface area contributed by atoms with Gasteiger partial charge in [-0.25, -0.2) is 8.42 Å². The van der Waals surface area contributed by atoms with E-state index in [0.29, 0.717) is 17.0 Å². The third-order valence-electron chi connectivity index (χ3n) is 7.45. The molecule has 0 spiro atoms. The Bertz CT molecular complexity index is 1500. The molecule has 1 unspecified atom stereocenters. The zero-order valence-electron chi connectivity index (χ0n) is 23.3. The molecular formula is C31H34Cl3N3O4S. The van der Waals surface area contributed by atoms with Gasteiger partial charge in [0, 0.05) is 17.6 Å². The Morgan fingerprint density at radius 3 is 2.19 bits per heavy atom. The fourth-order valence-electron chi connectivity index (χ4n) is 5.19. The summed E-state index contributed by atoms with van der Waals surface area (Å²) in [5, 5.41) is 3.69. The molecule has 11 heteroatoms. The van der Waals surface area contributed by atoms with Crippen molar-refractivity contribution in [1.29, 1.82) is 0 Å². The number of rotatable bonds is 11. The SMILES string of the molecule is CCC(C(=O)NC1CCCCC1)N(Cc1ccccc1Cl)C(=O)CN(c1cccc(Cl)c1Cl)S(=O)(=O)c1ccccc1. The average molecular weight is 651 g/mol. The van der Waals surface area contributed by atoms with E-state index >= 15 is 0 Å². The summed E-state index contributed by atoms with van der Waals surface area (Å²) in [6.45, 7) is 1.22. The smallest absolute Gasteiger partial charge is 0.264 e. The van der Waals surface area contributed by atoms with E-state index in [2.05, 4.69) is 5.32 Å². The third kappa shape index (κ3) is 7.59. The molecule has 1 saturated carbocycles. The lowest BCUT2D eigenvalue weighted by Crippen LogP contribution is -2.54. The number of nitrogens with zero attached hydrogens (tertiary/aromatic N) is 2. The van der Waals surface area contributed by atoms with Gasteiger partial charge in [-0.1, -0.05) is 103 Å². The highest BCUT2D eigenvalue weighted by Crippen LogP contribution is 2.35. The van der Waals surface area contributed by atoms with E-state index in [1.807, 2.05) is 6.92 Å². The maximum Gasteiger partial charge on any atom is 0.264 e. The summed E-state index contributed by atoms with van der Waals surface area (Å²) in [4.78, 5) is 29.3. The Morgan fingerprint density at radius 1 is 0.881 bits per heavy atom. The van der Waals surface area contributed by atoms with Crippen LogP contribution in [0.3, 0.4) is 0 Å². The van der Waals surface area contributed by atoms with Crippen molar-refractivity contribution in [3.63, 3.8) is 0 Å². The Kier molecular flexibility index (Phi) is 11.2. The van der Waals surface area contributed by atoms with Gasteiger partial charge in [-0.2, -0.15) is 0 Å². The van der Waals surface area contributed by atoms with Gasteiger partial charge < -0.3 is 10.2 Å². The van der Waals surface area contributed by atoms with Crippen molar-refractivity contribution in [2.45, 2.75) is 69.0 Å². The molecule has 0 aromatic heterocycles. The Labute approximate surface area is 262 Å². The number of sulfonamides is 1. The lowest BCUT2D eigenvalue weighted by molar-refractivity contribution is -0.140. The second-order valence-electron chi connectivity index (χ2n) is 10.3. The van der Waals surface area contributed by atoms with Gasteiger partial charge >= 0.3 is 0 Å². The largest absolute Gasteiger partial charge is 0.352 e. The standard InChI is InChI=1S/C31H34Cl3N3O4S/c1-2-27(31(39)35-23-13-5-3-6-14-23)36(20-22-12-9-10-17-25(22)32)29(38)21-37(28-19-11-18-26(33)30(28)34)42(40,41)24-15-7-4-8-16-24/h4,7-12,15-19,23,27H,2-3,5-6,13-14,20-21H2,1H3,(H,35,39). The monoisotopic (exact) mass is 649 g/mol. The summed E-state index contributed by atoms with van der Waals surface area (Å²) in [7, 11) is -4.26. The molecule has 1 atom stereocenters. The Morgan fingerprint density at radius 2 is 1.52 bits per heavy atom. The van der Waals surface area contributed by atoms with E-state index in [4.69, 9.17) is 34.8 Å². The van der Waals surface area contributed by atoms with Crippen LogP contribution in [0.2, 0.25) is 15.1 Å². The van der Waals surface area contributed by atoms with Crippen LogP contribution in [0.5, 0.6) is 0 Å². The van der Waals surface area contributed by atoms with Crippen LogP contribution in [-0.2, 0) is 26.2 Å². The van der Waals surface area contributed by atoms with Crippen molar-refractivity contribution in [3.05, 3.63) is 93.4 Å². The molecule has 224 valence electrons. The topological polar surface area (TPSA) is 86.8 Å². The number of hydrogen-bond donors (Lipinski definition) is 1. The van der Waals surface area contributed by atoms with Crippen LogP contribution in [0.1, 0.15) is 51.0 Å². The van der Waals surface area contributed by atoms with Crippen LogP contribution in [0.4, 0.5) is 5.69 Å². The first kappa shape index (κ1) is 32.1. The lowest BCUT2D eigenvalue weighted by atomic mass is 9.95. The van der Waals surface area contributed by atoms with Crippen LogP contribution in [0, 0.1) is 0 Å². The molecule has 2 amide bonds. The van der Waals surface area contributed by atoms with E-state index in [1.165, 1.54) is 29.2 Å². The molecular weight excluding hydrogens is 617 g/mol. The molecule has 1 N–H and O–H groups in total. The number of carbonyl (C=O) groups excluding carboxylic acids is 2. The van der Waals surface area contributed by atoms with Crippen LogP contribution in [0.25, 0.3) is 0 Å². The van der Waals surface area contributed by atoms with Gasteiger partial charge in [-0.3, -0.25) is 13.9 Å². The minimum Gasteiger partial charge on any atom is -0.352 e. The zero-order valence-corrected chi connectivity index (χ0v) is 26.4. The first-order valence-electron chi connectivity index (χ1n) is 14.0. The quantitative estimate of drug-likeness (QED) is 0.240. The second kappa shape index (κ2) is 14.6. The van der Waals surface area contributed by atoms with Gasteiger partial charge in [0.1, 0.15) is 12.6 Å². The number of benzene rings is 3. The molecule has 0 saturated heterocycles. The van der Waals surface area contributed by atoms with Crippen molar-refractivity contribution >= 4 is 62.3 Å². The fraction of sp³-hybridized carbons (Fsp3) is 0.355. The first-order chi connectivity index (χ1) is 20.1. The zero-order chi connectivity index (χ0) is 30.3. The average Bonchev–Trinajstić information content (AvgIpc) is 2.99. The normalized spacial score (nSPS) is 14.7. The van der Waals surface area contributed by atoms with Crippen molar-refractivity contribution in [1.82, 2.24) is 10.2 Å². The van der Waals surface area contributed by atoms with Crippen LogP contribution in [0.15, 0.2) is 77.7 Å². The molecule has 4 rings (SSSR count). The molecule has 3 aromatic rings. The maximum atomic E-state index is 14.2. The molecule has 0 radical (unpaired) electrons. The van der Waals surface area contributed by atoms with Crippen molar-refractivity contribution in [2.75, 3.05) is 10.8 Å². The Hall–Kier alpha value is -2.78. The van der Waals surface area contributed by atoms with Gasteiger partial charge in [0.2, 0.25) is 11.8 Å². The minimum absolute atomic E-state index is 0.00814. The molecule has 1 fully saturated rings. The van der Waals surface area contributed by atoms with E-state index in [-0.39, 0.29) is 39.1 Å². The van der Waals surface area contributed by atoms with E-state index in [0.717, 1.165) is 36.4 Å². The number of amides is 2. The fourth-order valence-corrected chi connectivity index (χ4v) is 7.28. The molecule has 3 aromatic carbocycles. The van der Waals surface area contributed by atoms with E-state index < -0.39 is 28.5 Å². The van der Waals surface area contributed by atoms with Gasteiger partial charge in [0.05, 0.1) is 20.6 Å². The molecule has 0 bridgehead atoms. The van der Waals surface area contributed by atoms with Crippen molar-refractivity contribution in [2.24, 2.45) is 0 Å². The summed E-state index contributed by atoms with van der Waals surface area (Å²) >= 11 is 19.2. The number of carbonyl (C=O) groups is 2. The highest BCUT2D eigenvalue weighted by atomic mass is 35.5. The predicted octanol–water partition coefficient (Wildman–Crippen LogP) is 7.10. The number of anilines is 1.